The molecule has 0 radical (unpaired) electrons. The van der Waals surface area contributed by atoms with Gasteiger partial charge in [0.05, 0.1) is 18.9 Å². The molecule has 32 heavy (non-hydrogen) atoms. The van der Waals surface area contributed by atoms with Crippen molar-refractivity contribution in [3.05, 3.63) is 46.2 Å². The van der Waals surface area contributed by atoms with E-state index in [4.69, 9.17) is 4.74 Å². The van der Waals surface area contributed by atoms with Gasteiger partial charge in [-0.1, -0.05) is 25.2 Å². The van der Waals surface area contributed by atoms with Crippen LogP contribution in [0.25, 0.3) is 0 Å². The summed E-state index contributed by atoms with van der Waals surface area (Å²) in [5, 5.41) is 3.35. The van der Waals surface area contributed by atoms with E-state index in [1.807, 2.05) is 0 Å². The minimum Gasteiger partial charge on any atom is -0.378 e. The van der Waals surface area contributed by atoms with E-state index in [-0.39, 0.29) is 11.5 Å². The number of nitrogens with zero attached hydrogens (tertiary/aromatic N) is 2. The van der Waals surface area contributed by atoms with E-state index >= 15 is 0 Å². The Morgan fingerprint density at radius 1 is 1.09 bits per heavy atom. The van der Waals surface area contributed by atoms with Gasteiger partial charge in [-0.25, -0.2) is 9.37 Å². The van der Waals surface area contributed by atoms with Gasteiger partial charge in [0, 0.05) is 18.7 Å². The number of hydrogen-bond donors (Lipinski definition) is 3. The fourth-order valence-corrected chi connectivity index (χ4v) is 4.11. The van der Waals surface area contributed by atoms with E-state index in [9.17, 15) is 18.8 Å². The van der Waals surface area contributed by atoms with Crippen LogP contribution in [-0.2, 0) is 9.53 Å². The van der Waals surface area contributed by atoms with Crippen molar-refractivity contribution in [1.29, 1.82) is 0 Å². The van der Waals surface area contributed by atoms with E-state index < -0.39 is 29.6 Å². The molecule has 1 aliphatic rings. The molecule has 1 aromatic carbocycles. The fourth-order valence-electron chi connectivity index (χ4n) is 3.10. The number of rotatable bonds is 6. The highest BCUT2D eigenvalue weighted by Crippen LogP contribution is 2.26. The number of ether oxygens (including phenoxy) is 1. The van der Waals surface area contributed by atoms with E-state index in [0.29, 0.717) is 36.9 Å². The second kappa shape index (κ2) is 10.5. The van der Waals surface area contributed by atoms with Crippen molar-refractivity contribution >= 4 is 34.2 Å². The summed E-state index contributed by atoms with van der Waals surface area (Å²) >= 11 is 1.25. The molecule has 3 N–H and O–H groups in total. The van der Waals surface area contributed by atoms with Gasteiger partial charge in [0.2, 0.25) is 0 Å². The first-order valence-electron chi connectivity index (χ1n) is 10.2. The molecule has 1 aromatic heterocycles. The molecule has 2 aromatic rings. The maximum atomic E-state index is 13.1. The predicted molar refractivity (Wildman–Crippen MR) is 118 cm³/mol. The van der Waals surface area contributed by atoms with Crippen LogP contribution >= 0.6 is 11.3 Å². The average Bonchev–Trinajstić information content (AvgIpc) is 3.18. The number of thiazole rings is 1. The zero-order valence-electron chi connectivity index (χ0n) is 18.1. The smallest absolute Gasteiger partial charge is 0.281 e. The first-order chi connectivity index (χ1) is 15.3. The lowest BCUT2D eigenvalue weighted by molar-refractivity contribution is -0.124. The summed E-state index contributed by atoms with van der Waals surface area (Å²) in [6, 6.07) is 4.10. The third-order valence-corrected chi connectivity index (χ3v) is 6.13. The van der Waals surface area contributed by atoms with Crippen LogP contribution < -0.4 is 21.1 Å². The molecule has 0 saturated carbocycles. The zero-order chi connectivity index (χ0) is 23.3. The number of carbonyl (C=O) groups is 3. The number of benzene rings is 1. The number of hydrazine groups is 1. The van der Waals surface area contributed by atoms with Crippen molar-refractivity contribution in [2.24, 2.45) is 5.92 Å². The molecule has 172 valence electrons. The molecule has 1 atom stereocenters. The molecule has 1 fully saturated rings. The molecule has 1 aliphatic heterocycles. The number of aryl methyl sites for hydroxylation is 1. The summed E-state index contributed by atoms with van der Waals surface area (Å²) in [5.41, 5.74) is 5.57. The first-order valence-corrected chi connectivity index (χ1v) is 11.0. The molecule has 3 rings (SSSR count). The van der Waals surface area contributed by atoms with Crippen LogP contribution in [0, 0.1) is 18.7 Å². The molecule has 1 saturated heterocycles. The minimum atomic E-state index is -0.903. The van der Waals surface area contributed by atoms with Gasteiger partial charge in [0.25, 0.3) is 17.7 Å². The van der Waals surface area contributed by atoms with E-state index in [2.05, 4.69) is 26.1 Å². The van der Waals surface area contributed by atoms with Gasteiger partial charge in [0.15, 0.2) is 5.13 Å². The highest BCUT2D eigenvalue weighted by atomic mass is 32.1. The van der Waals surface area contributed by atoms with Crippen molar-refractivity contribution in [3.8, 4) is 0 Å². The number of carbonyl (C=O) groups excluding carboxylic acids is 3. The van der Waals surface area contributed by atoms with Gasteiger partial charge < -0.3 is 15.0 Å². The lowest BCUT2D eigenvalue weighted by atomic mass is 10.0. The summed E-state index contributed by atoms with van der Waals surface area (Å²) in [6.07, 6.45) is 0. The van der Waals surface area contributed by atoms with Gasteiger partial charge >= 0.3 is 0 Å². The van der Waals surface area contributed by atoms with Crippen molar-refractivity contribution in [2.45, 2.75) is 26.8 Å². The van der Waals surface area contributed by atoms with Crippen LogP contribution in [0.15, 0.2) is 24.3 Å². The molecule has 2 heterocycles. The summed E-state index contributed by atoms with van der Waals surface area (Å²) in [6.45, 7) is 7.88. The molecule has 0 aliphatic carbocycles. The molecule has 0 spiro atoms. The fraction of sp³-hybridized carbons (Fsp3) is 0.429. The normalized spacial score (nSPS) is 14.7. The lowest BCUT2D eigenvalue weighted by Crippen LogP contribution is -2.54. The van der Waals surface area contributed by atoms with Crippen LogP contribution in [0.4, 0.5) is 9.52 Å². The number of amides is 3. The molecule has 3 amide bonds. The summed E-state index contributed by atoms with van der Waals surface area (Å²) in [7, 11) is 0. The molecule has 0 unspecified atom stereocenters. The Morgan fingerprint density at radius 2 is 1.75 bits per heavy atom. The number of nitrogens with one attached hydrogen (secondary N) is 3. The lowest BCUT2D eigenvalue weighted by Gasteiger charge is -2.26. The first kappa shape index (κ1) is 23.6. The molecular formula is C21H26FN5O4S. The van der Waals surface area contributed by atoms with Crippen molar-refractivity contribution in [3.63, 3.8) is 0 Å². The van der Waals surface area contributed by atoms with Gasteiger partial charge in [-0.2, -0.15) is 0 Å². The Bertz CT molecular complexity index is 973. The quantitative estimate of drug-likeness (QED) is 0.562. The van der Waals surface area contributed by atoms with Crippen LogP contribution in [0.5, 0.6) is 0 Å². The van der Waals surface area contributed by atoms with Crippen LogP contribution in [-0.4, -0.2) is 55.1 Å². The number of anilines is 1. The van der Waals surface area contributed by atoms with Crippen molar-refractivity contribution in [2.75, 3.05) is 31.2 Å². The number of morpholine rings is 1. The molecular weight excluding hydrogens is 437 g/mol. The van der Waals surface area contributed by atoms with Gasteiger partial charge in [-0.05, 0) is 37.1 Å². The maximum Gasteiger partial charge on any atom is 0.281 e. The Balaban J connectivity index is 1.60. The second-order valence-corrected chi connectivity index (χ2v) is 8.63. The van der Waals surface area contributed by atoms with E-state index in [1.54, 1.807) is 20.8 Å². The number of halogens is 1. The minimum absolute atomic E-state index is 0.227. The predicted octanol–water partition coefficient (Wildman–Crippen LogP) is 1.64. The topological polar surface area (TPSA) is 113 Å². The Hall–Kier alpha value is -3.05. The average molecular weight is 464 g/mol. The molecule has 0 bridgehead atoms. The standard InChI is InChI=1S/C21H26FN5O4S/c1-12(2)16(24-18(28)14-4-6-15(22)7-5-14)19(29)25-26-20(30)17-13(3)23-21(32-17)27-8-10-31-11-9-27/h4-7,12,16H,8-11H2,1-3H3,(H,24,28)(H,25,29)(H,26,30)/t16-/m0/s1. The zero-order valence-corrected chi connectivity index (χ0v) is 18.9. The van der Waals surface area contributed by atoms with Crippen molar-refractivity contribution < 1.29 is 23.5 Å². The number of hydrogen-bond acceptors (Lipinski definition) is 7. The van der Waals surface area contributed by atoms with E-state index in [0.717, 1.165) is 5.13 Å². The van der Waals surface area contributed by atoms with Gasteiger partial charge in [0.1, 0.15) is 16.7 Å². The SMILES string of the molecule is Cc1nc(N2CCOCC2)sc1C(=O)NNC(=O)[C@@H](NC(=O)c1ccc(F)cc1)C(C)C. The molecule has 9 nitrogen and oxygen atoms in total. The second-order valence-electron chi connectivity index (χ2n) is 7.66. The summed E-state index contributed by atoms with van der Waals surface area (Å²) in [4.78, 5) is 44.6. The van der Waals surface area contributed by atoms with Gasteiger partial charge in [-0.15, -0.1) is 0 Å². The third-order valence-electron chi connectivity index (χ3n) is 4.91. The van der Waals surface area contributed by atoms with Crippen LogP contribution in [0.3, 0.4) is 0 Å². The Morgan fingerprint density at radius 3 is 2.38 bits per heavy atom. The van der Waals surface area contributed by atoms with E-state index in [1.165, 1.54) is 35.6 Å². The number of aromatic nitrogens is 1. The monoisotopic (exact) mass is 463 g/mol. The Kier molecular flexibility index (Phi) is 7.75. The van der Waals surface area contributed by atoms with Crippen LogP contribution in [0.1, 0.15) is 39.6 Å². The molecule has 11 heteroatoms. The van der Waals surface area contributed by atoms with Gasteiger partial charge in [-0.3, -0.25) is 25.2 Å². The summed E-state index contributed by atoms with van der Waals surface area (Å²) in [5.74, 6) is -2.29. The highest BCUT2D eigenvalue weighted by molar-refractivity contribution is 7.17. The largest absolute Gasteiger partial charge is 0.378 e. The highest BCUT2D eigenvalue weighted by Gasteiger charge is 2.26. The van der Waals surface area contributed by atoms with Crippen molar-refractivity contribution in [1.82, 2.24) is 21.2 Å². The van der Waals surface area contributed by atoms with Crippen LogP contribution in [0.2, 0.25) is 0 Å². The summed E-state index contributed by atoms with van der Waals surface area (Å²) < 4.78 is 18.4. The Labute approximate surface area is 189 Å². The maximum absolute atomic E-state index is 13.1. The third kappa shape index (κ3) is 5.80.